The first-order valence-corrected chi connectivity index (χ1v) is 16.2. The molecule has 258 valence electrons. The van der Waals surface area contributed by atoms with Crippen LogP contribution in [0.1, 0.15) is 76.5 Å². The van der Waals surface area contributed by atoms with Gasteiger partial charge in [0, 0.05) is 83.5 Å². The van der Waals surface area contributed by atoms with Crippen molar-refractivity contribution in [3.05, 3.63) is 47.9 Å². The van der Waals surface area contributed by atoms with E-state index < -0.39 is 0 Å². The van der Waals surface area contributed by atoms with Crippen LogP contribution in [0.15, 0.2) is 36.5 Å². The Kier molecular flexibility index (Phi) is 16.0. The fraction of sp³-hybridized carbons (Fsp3) is 0.647. The number of ether oxygens (including phenoxy) is 2. The zero-order valence-corrected chi connectivity index (χ0v) is 29.9. The Bertz CT molecular complexity index is 1220. The molecule has 2 N–H and O–H groups in total. The number of anilines is 1. The van der Waals surface area contributed by atoms with Gasteiger partial charge in [-0.15, -0.1) is 24.8 Å². The van der Waals surface area contributed by atoms with E-state index in [0.29, 0.717) is 69.5 Å². The highest BCUT2D eigenvalue weighted by atomic mass is 35.5. The van der Waals surface area contributed by atoms with E-state index in [2.05, 4.69) is 50.2 Å². The number of likely N-dealkylation sites (tertiary alicyclic amines) is 1. The molecule has 2 aliphatic heterocycles. The van der Waals surface area contributed by atoms with Crippen molar-refractivity contribution in [2.75, 3.05) is 58.3 Å². The van der Waals surface area contributed by atoms with Gasteiger partial charge in [0.25, 0.3) is 5.91 Å². The summed E-state index contributed by atoms with van der Waals surface area (Å²) in [5, 5.41) is 6.85. The lowest BCUT2D eigenvalue weighted by atomic mass is 9.91. The molecule has 1 aromatic heterocycles. The third kappa shape index (κ3) is 11.0. The van der Waals surface area contributed by atoms with Gasteiger partial charge in [-0.2, -0.15) is 0 Å². The van der Waals surface area contributed by atoms with E-state index in [4.69, 9.17) is 14.5 Å². The van der Waals surface area contributed by atoms with Crippen LogP contribution in [0.25, 0.3) is 0 Å². The van der Waals surface area contributed by atoms with Gasteiger partial charge in [-0.25, -0.2) is 9.97 Å². The molecule has 46 heavy (non-hydrogen) atoms. The van der Waals surface area contributed by atoms with Crippen LogP contribution in [-0.4, -0.2) is 96.7 Å². The van der Waals surface area contributed by atoms with Gasteiger partial charge in [0.15, 0.2) is 0 Å². The minimum atomic E-state index is -0.259. The molecular weight excluding hydrogens is 627 g/mol. The summed E-state index contributed by atoms with van der Waals surface area (Å²) in [4.78, 5) is 41.3. The van der Waals surface area contributed by atoms with Gasteiger partial charge < -0.3 is 29.9 Å². The van der Waals surface area contributed by atoms with E-state index in [1.807, 2.05) is 40.1 Å². The summed E-state index contributed by atoms with van der Waals surface area (Å²) in [6.07, 6.45) is 4.83. The van der Waals surface area contributed by atoms with E-state index in [0.717, 1.165) is 25.0 Å². The van der Waals surface area contributed by atoms with E-state index in [1.54, 1.807) is 13.3 Å². The number of aromatic nitrogens is 2. The van der Waals surface area contributed by atoms with Crippen LogP contribution >= 0.6 is 24.8 Å². The van der Waals surface area contributed by atoms with Gasteiger partial charge in [0.2, 0.25) is 5.91 Å². The molecule has 2 amide bonds. The van der Waals surface area contributed by atoms with Crippen molar-refractivity contribution in [2.45, 2.75) is 77.9 Å². The minimum Gasteiger partial charge on any atom is -0.490 e. The van der Waals surface area contributed by atoms with Crippen LogP contribution in [-0.2, 0) is 14.9 Å². The second-order valence-corrected chi connectivity index (χ2v) is 13.5. The van der Waals surface area contributed by atoms with Gasteiger partial charge in [-0.1, -0.05) is 52.8 Å². The zero-order chi connectivity index (χ0) is 31.7. The molecule has 0 unspecified atom stereocenters. The fourth-order valence-corrected chi connectivity index (χ4v) is 5.89. The van der Waals surface area contributed by atoms with Gasteiger partial charge in [-0.05, 0) is 30.9 Å². The summed E-state index contributed by atoms with van der Waals surface area (Å²) >= 11 is 0. The maximum Gasteiger partial charge on any atom is 0.259 e. The number of piperidine rings is 2. The molecule has 4 rings (SSSR count). The fourth-order valence-electron chi connectivity index (χ4n) is 5.89. The van der Waals surface area contributed by atoms with E-state index in [9.17, 15) is 9.59 Å². The lowest BCUT2D eigenvalue weighted by Gasteiger charge is -2.41. The molecule has 10 nitrogen and oxygen atoms in total. The molecule has 2 saturated heterocycles. The second-order valence-electron chi connectivity index (χ2n) is 13.5. The standard InChI is InChI=1S/C34H52N6O4.2ClH/c1-24(2)23-40(32(42)29-22-37-33(34(3,4)5)38-30(29)36-15-10-18-43-6)26-19-25(20-35-21-26)31(41)39-16-13-28(14-17-39)44-27-11-8-7-9-12-27;;/h7-9,11-12,22,24-26,28,35H,10,13-21,23H2,1-6H3,(H,36,37,38);2*1H/t25-,26+;;/m1../s1. The highest BCUT2D eigenvalue weighted by molar-refractivity contribution is 5.98. The van der Waals surface area contributed by atoms with Crippen molar-refractivity contribution in [3.8, 4) is 5.75 Å². The van der Waals surface area contributed by atoms with E-state index in [-0.39, 0.29) is 66.0 Å². The molecule has 0 aliphatic carbocycles. The van der Waals surface area contributed by atoms with Crippen LogP contribution in [0.3, 0.4) is 0 Å². The Labute approximate surface area is 287 Å². The summed E-state index contributed by atoms with van der Waals surface area (Å²) in [7, 11) is 1.68. The number of carbonyl (C=O) groups excluding carboxylic acids is 2. The predicted molar refractivity (Wildman–Crippen MR) is 188 cm³/mol. The molecule has 0 spiro atoms. The highest BCUT2D eigenvalue weighted by Gasteiger charge is 2.37. The Balaban J connectivity index is 0.00000368. The van der Waals surface area contributed by atoms with Crippen LogP contribution in [0.2, 0.25) is 0 Å². The molecule has 0 saturated carbocycles. The summed E-state index contributed by atoms with van der Waals surface area (Å²) in [6.45, 7) is 14.9. The molecule has 3 heterocycles. The molecule has 2 aliphatic rings. The van der Waals surface area contributed by atoms with Gasteiger partial charge >= 0.3 is 0 Å². The molecule has 2 atom stereocenters. The summed E-state index contributed by atoms with van der Waals surface area (Å²) in [6, 6.07) is 9.76. The van der Waals surface area contributed by atoms with Crippen molar-refractivity contribution in [1.82, 2.24) is 25.1 Å². The largest absolute Gasteiger partial charge is 0.490 e. The van der Waals surface area contributed by atoms with Gasteiger partial charge in [0.1, 0.15) is 29.1 Å². The quantitative estimate of drug-likeness (QED) is 0.294. The average molecular weight is 682 g/mol. The number of carbonyl (C=O) groups is 2. The SMILES string of the molecule is COCCCNc1nc(C(C)(C)C)ncc1C(=O)N(CC(C)C)[C@@H]1CNC[C@H](C(=O)N2CCC(Oc3ccccc3)CC2)C1.Cl.Cl. The number of benzene rings is 1. The first-order valence-electron chi connectivity index (χ1n) is 16.2. The lowest BCUT2D eigenvalue weighted by molar-refractivity contribution is -0.138. The number of halogens is 2. The Hall–Kier alpha value is -2.66. The topological polar surface area (TPSA) is 109 Å². The highest BCUT2D eigenvalue weighted by Crippen LogP contribution is 2.27. The maximum atomic E-state index is 14.3. The van der Waals surface area contributed by atoms with Crippen LogP contribution in [0.4, 0.5) is 5.82 Å². The minimum absolute atomic E-state index is 0. The van der Waals surface area contributed by atoms with E-state index >= 15 is 0 Å². The Morgan fingerprint density at radius 2 is 1.80 bits per heavy atom. The molecule has 2 aromatic rings. The van der Waals surface area contributed by atoms with Crippen molar-refractivity contribution in [1.29, 1.82) is 0 Å². The number of nitrogens with zero attached hydrogens (tertiary/aromatic N) is 4. The van der Waals surface area contributed by atoms with Gasteiger partial charge in [0.05, 0.1) is 5.92 Å². The van der Waals surface area contributed by atoms with Crippen molar-refractivity contribution >= 4 is 42.4 Å². The van der Waals surface area contributed by atoms with Crippen molar-refractivity contribution in [3.63, 3.8) is 0 Å². The average Bonchev–Trinajstić information content (AvgIpc) is 3.01. The molecule has 0 radical (unpaired) electrons. The van der Waals surface area contributed by atoms with E-state index in [1.165, 1.54) is 0 Å². The number of para-hydroxylation sites is 1. The second kappa shape index (κ2) is 18.6. The molecule has 1 aromatic carbocycles. The van der Waals surface area contributed by atoms with Crippen LogP contribution < -0.4 is 15.4 Å². The first kappa shape index (κ1) is 39.5. The summed E-state index contributed by atoms with van der Waals surface area (Å²) in [5.74, 6) is 2.24. The monoisotopic (exact) mass is 680 g/mol. The number of methoxy groups -OCH3 is 1. The molecule has 2 fully saturated rings. The smallest absolute Gasteiger partial charge is 0.259 e. The first-order chi connectivity index (χ1) is 21.1. The molecule has 12 heteroatoms. The van der Waals surface area contributed by atoms with Gasteiger partial charge in [-0.3, -0.25) is 9.59 Å². The summed E-state index contributed by atoms with van der Waals surface area (Å²) in [5.41, 5.74) is 0.204. The lowest BCUT2D eigenvalue weighted by Crippen LogP contribution is -2.56. The number of hydrogen-bond acceptors (Lipinski definition) is 8. The molecular formula is C34H54Cl2N6O4. The Morgan fingerprint density at radius 3 is 2.43 bits per heavy atom. The number of rotatable bonds is 12. The molecule has 0 bridgehead atoms. The summed E-state index contributed by atoms with van der Waals surface area (Å²) < 4.78 is 11.3. The zero-order valence-electron chi connectivity index (χ0n) is 28.3. The predicted octanol–water partition coefficient (Wildman–Crippen LogP) is 5.21. The number of nitrogens with one attached hydrogen (secondary N) is 2. The third-order valence-corrected chi connectivity index (χ3v) is 8.25. The number of amides is 2. The number of hydrogen-bond donors (Lipinski definition) is 2. The van der Waals surface area contributed by atoms with Crippen molar-refractivity contribution < 1.29 is 19.1 Å². The van der Waals surface area contributed by atoms with Crippen LogP contribution in [0.5, 0.6) is 5.75 Å². The third-order valence-electron chi connectivity index (χ3n) is 8.25. The van der Waals surface area contributed by atoms with Crippen LogP contribution in [0, 0.1) is 11.8 Å². The normalized spacial score (nSPS) is 18.7. The van der Waals surface area contributed by atoms with Crippen molar-refractivity contribution in [2.24, 2.45) is 11.8 Å². The Morgan fingerprint density at radius 1 is 1.11 bits per heavy atom. The maximum absolute atomic E-state index is 14.3.